The molecule has 1 amide bonds. The molecule has 0 saturated carbocycles. The number of guanidine groups is 1. The molecule has 4 N–H and O–H groups in total. The third-order valence-corrected chi connectivity index (χ3v) is 3.84. The number of ether oxygens (including phenoxy) is 1. The first-order valence-corrected chi connectivity index (χ1v) is 8.12. The highest BCUT2D eigenvalue weighted by Gasteiger charge is 2.21. The van der Waals surface area contributed by atoms with Gasteiger partial charge in [0.05, 0.1) is 19.2 Å². The number of nitrogens with one attached hydrogen (secondary N) is 2. The highest BCUT2D eigenvalue weighted by Crippen LogP contribution is 2.31. The van der Waals surface area contributed by atoms with Crippen LogP contribution in [-0.4, -0.2) is 23.5 Å². The summed E-state index contributed by atoms with van der Waals surface area (Å²) in [4.78, 5) is 19.5. The van der Waals surface area contributed by atoms with Crippen molar-refractivity contribution in [3.05, 3.63) is 53.7 Å². The Morgan fingerprint density at radius 2 is 2.20 bits per heavy atom. The predicted octanol–water partition coefficient (Wildman–Crippen LogP) is 1.97. The van der Waals surface area contributed by atoms with Gasteiger partial charge in [0.1, 0.15) is 11.6 Å². The molecule has 1 aliphatic heterocycles. The van der Waals surface area contributed by atoms with Crippen LogP contribution in [0.25, 0.3) is 0 Å². The summed E-state index contributed by atoms with van der Waals surface area (Å²) in [5.74, 6) is 1.64. The Morgan fingerprint density at radius 1 is 1.36 bits per heavy atom. The van der Waals surface area contributed by atoms with Crippen molar-refractivity contribution in [1.29, 1.82) is 0 Å². The van der Waals surface area contributed by atoms with Gasteiger partial charge in [-0.1, -0.05) is 24.3 Å². The fourth-order valence-electron chi connectivity index (χ4n) is 2.66. The molecule has 0 saturated heterocycles. The number of rotatable bonds is 4. The number of amides is 1. The second kappa shape index (κ2) is 7.65. The number of hydrogen-bond donors (Lipinski definition) is 3. The molecule has 1 unspecified atom stereocenters. The van der Waals surface area contributed by atoms with Gasteiger partial charge >= 0.3 is 0 Å². The quantitative estimate of drug-likeness (QED) is 0.584. The minimum Gasteiger partial charge on any atom is -0.493 e. The lowest BCUT2D eigenvalue weighted by atomic mass is 10.0. The molecule has 2 heterocycles. The predicted molar refractivity (Wildman–Crippen MR) is 96.3 cm³/mol. The van der Waals surface area contributed by atoms with Crippen molar-refractivity contribution in [1.82, 2.24) is 10.3 Å². The Kier molecular flexibility index (Phi) is 5.13. The van der Waals surface area contributed by atoms with Crippen LogP contribution in [0, 0.1) is 0 Å². The van der Waals surface area contributed by atoms with Crippen LogP contribution < -0.4 is 21.1 Å². The van der Waals surface area contributed by atoms with Crippen molar-refractivity contribution in [3.63, 3.8) is 0 Å². The van der Waals surface area contributed by atoms with Crippen molar-refractivity contribution in [2.75, 3.05) is 11.9 Å². The van der Waals surface area contributed by atoms with E-state index in [1.807, 2.05) is 30.3 Å². The van der Waals surface area contributed by atoms with Crippen LogP contribution >= 0.6 is 0 Å². The van der Waals surface area contributed by atoms with Crippen LogP contribution in [0.5, 0.6) is 5.75 Å². The maximum Gasteiger partial charge on any atom is 0.222 e. The average Bonchev–Trinajstić information content (AvgIpc) is 2.61. The number of aromatic nitrogens is 1. The summed E-state index contributed by atoms with van der Waals surface area (Å²) < 4.78 is 5.64. The molecule has 0 spiro atoms. The van der Waals surface area contributed by atoms with Crippen molar-refractivity contribution in [2.45, 2.75) is 25.9 Å². The highest BCUT2D eigenvalue weighted by atomic mass is 16.5. The number of pyridine rings is 1. The molecule has 25 heavy (non-hydrogen) atoms. The van der Waals surface area contributed by atoms with Crippen molar-refractivity contribution < 1.29 is 9.53 Å². The second-order valence-electron chi connectivity index (χ2n) is 5.81. The monoisotopic (exact) mass is 339 g/mol. The first kappa shape index (κ1) is 16.8. The van der Waals surface area contributed by atoms with Gasteiger partial charge in [-0.15, -0.1) is 0 Å². The summed E-state index contributed by atoms with van der Waals surface area (Å²) in [7, 11) is 0. The number of hydrogen-bond acceptors (Lipinski definition) is 4. The zero-order chi connectivity index (χ0) is 17.6. The van der Waals surface area contributed by atoms with E-state index in [4.69, 9.17) is 10.5 Å². The van der Waals surface area contributed by atoms with Crippen LogP contribution in [0.1, 0.15) is 30.5 Å². The van der Waals surface area contributed by atoms with Gasteiger partial charge in [-0.2, -0.15) is 0 Å². The Morgan fingerprint density at radius 3 is 2.96 bits per heavy atom. The first-order valence-electron chi connectivity index (χ1n) is 8.12. The van der Waals surface area contributed by atoms with Crippen LogP contribution in [0.2, 0.25) is 0 Å². The van der Waals surface area contributed by atoms with E-state index in [1.165, 1.54) is 6.92 Å². The van der Waals surface area contributed by atoms with Crippen molar-refractivity contribution in [2.24, 2.45) is 10.7 Å². The summed E-state index contributed by atoms with van der Waals surface area (Å²) in [6.45, 7) is 2.51. The molecule has 7 heteroatoms. The molecule has 1 aromatic heterocycles. The smallest absolute Gasteiger partial charge is 0.222 e. The molecule has 2 aromatic rings. The molecule has 130 valence electrons. The maximum absolute atomic E-state index is 11.0. The largest absolute Gasteiger partial charge is 0.493 e. The minimum atomic E-state index is -0.150. The van der Waals surface area contributed by atoms with Gasteiger partial charge in [-0.05, 0) is 17.7 Å². The van der Waals surface area contributed by atoms with Gasteiger partial charge in [0.2, 0.25) is 5.91 Å². The van der Waals surface area contributed by atoms with E-state index >= 15 is 0 Å². The molecule has 0 radical (unpaired) electrons. The van der Waals surface area contributed by atoms with E-state index in [-0.39, 0.29) is 11.9 Å². The van der Waals surface area contributed by atoms with Crippen LogP contribution in [0.15, 0.2) is 47.6 Å². The van der Waals surface area contributed by atoms with E-state index in [0.29, 0.717) is 24.9 Å². The Balaban J connectivity index is 1.60. The van der Waals surface area contributed by atoms with Crippen molar-refractivity contribution >= 4 is 17.7 Å². The summed E-state index contributed by atoms with van der Waals surface area (Å²) >= 11 is 0. The Bertz CT molecular complexity index is 773. The number of carbonyl (C=O) groups is 1. The first-order chi connectivity index (χ1) is 12.1. The van der Waals surface area contributed by atoms with Gasteiger partial charge in [-0.25, -0.2) is 9.98 Å². The van der Waals surface area contributed by atoms with Gasteiger partial charge in [0, 0.05) is 25.1 Å². The van der Waals surface area contributed by atoms with Crippen LogP contribution in [-0.2, 0) is 11.3 Å². The van der Waals surface area contributed by atoms with Gasteiger partial charge in [-0.3, -0.25) is 4.79 Å². The van der Waals surface area contributed by atoms with E-state index in [1.54, 1.807) is 12.3 Å². The molecule has 0 fully saturated rings. The molecule has 1 aromatic carbocycles. The lowest BCUT2D eigenvalue weighted by Gasteiger charge is -2.26. The number of nitrogens with two attached hydrogens (primary N) is 1. The number of carbonyl (C=O) groups excluding carboxylic acids is 1. The number of benzene rings is 1. The molecule has 7 nitrogen and oxygen atoms in total. The van der Waals surface area contributed by atoms with E-state index < -0.39 is 0 Å². The van der Waals surface area contributed by atoms with E-state index in [9.17, 15) is 4.79 Å². The third-order valence-electron chi connectivity index (χ3n) is 3.84. The standard InChI is InChI=1S/C18H21N5O2/c1-12(24)22-17-7-6-13(10-20-17)11-21-18(19)23-15-8-9-25-16-5-3-2-4-14(15)16/h2-7,10,15H,8-9,11H2,1H3,(H3,19,21,23)(H,20,22,24). The summed E-state index contributed by atoms with van der Waals surface area (Å²) in [5.41, 5.74) is 8.03. The molecule has 1 atom stereocenters. The second-order valence-corrected chi connectivity index (χ2v) is 5.81. The van der Waals surface area contributed by atoms with Crippen LogP contribution in [0.3, 0.4) is 0 Å². The molecular weight excluding hydrogens is 318 g/mol. The van der Waals surface area contributed by atoms with Crippen LogP contribution in [0.4, 0.5) is 5.82 Å². The highest BCUT2D eigenvalue weighted by molar-refractivity contribution is 5.87. The Labute approximate surface area is 146 Å². The van der Waals surface area contributed by atoms with E-state index in [2.05, 4.69) is 20.6 Å². The topological polar surface area (TPSA) is 102 Å². The number of fused-ring (bicyclic) bond motifs is 1. The summed E-state index contributed by atoms with van der Waals surface area (Å²) in [6.07, 6.45) is 2.51. The van der Waals surface area contributed by atoms with Gasteiger partial charge in [0.25, 0.3) is 0 Å². The maximum atomic E-state index is 11.0. The van der Waals surface area contributed by atoms with Crippen molar-refractivity contribution in [3.8, 4) is 5.75 Å². The normalized spacial score (nSPS) is 16.5. The number of aliphatic imine (C=N–C) groups is 1. The zero-order valence-corrected chi connectivity index (χ0v) is 14.0. The molecule has 0 bridgehead atoms. The third kappa shape index (κ3) is 4.47. The van der Waals surface area contributed by atoms with Gasteiger partial charge < -0.3 is 21.1 Å². The Hall–Kier alpha value is -3.09. The average molecular weight is 339 g/mol. The molecule has 3 rings (SSSR count). The number of anilines is 1. The lowest BCUT2D eigenvalue weighted by Crippen LogP contribution is -2.37. The fraction of sp³-hybridized carbons (Fsp3) is 0.278. The molecule has 1 aliphatic rings. The molecule has 0 aliphatic carbocycles. The summed E-state index contributed by atoms with van der Waals surface area (Å²) in [5, 5.41) is 5.88. The zero-order valence-electron chi connectivity index (χ0n) is 14.0. The fourth-order valence-corrected chi connectivity index (χ4v) is 2.66. The SMILES string of the molecule is CC(=O)Nc1ccc(CN=C(N)NC2CCOc3ccccc32)cn1. The van der Waals surface area contributed by atoms with Gasteiger partial charge in [0.15, 0.2) is 5.96 Å². The summed E-state index contributed by atoms with van der Waals surface area (Å²) in [6, 6.07) is 11.6. The molecular formula is C18H21N5O2. The number of para-hydroxylation sites is 1. The number of nitrogens with zero attached hydrogens (tertiary/aromatic N) is 2. The lowest BCUT2D eigenvalue weighted by molar-refractivity contribution is -0.114. The minimum absolute atomic E-state index is 0.0916. The van der Waals surface area contributed by atoms with E-state index in [0.717, 1.165) is 23.3 Å².